The summed E-state index contributed by atoms with van der Waals surface area (Å²) in [5, 5.41) is 8.52. The highest BCUT2D eigenvalue weighted by Crippen LogP contribution is 2.38. The lowest BCUT2D eigenvalue weighted by atomic mass is 10.1. The highest BCUT2D eigenvalue weighted by atomic mass is 35.5. The van der Waals surface area contributed by atoms with E-state index in [4.69, 9.17) is 16.7 Å². The number of benzene rings is 1. The molecule has 10 nitrogen and oxygen atoms in total. The molecule has 0 saturated carbocycles. The molecular weight excluding hydrogens is 468 g/mol. The van der Waals surface area contributed by atoms with Gasteiger partial charge in [-0.3, -0.25) is 14.2 Å². The van der Waals surface area contributed by atoms with Crippen LogP contribution in [0.15, 0.2) is 59.9 Å². The van der Waals surface area contributed by atoms with Crippen LogP contribution < -0.4 is 15.8 Å². The monoisotopic (exact) mass is 488 g/mol. The molecule has 1 aromatic carbocycles. The fourth-order valence-corrected chi connectivity index (χ4v) is 5.08. The summed E-state index contributed by atoms with van der Waals surface area (Å²) in [6.45, 7) is 0.685. The first-order valence-electron chi connectivity index (χ1n) is 11.2. The van der Waals surface area contributed by atoms with Crippen LogP contribution in [0, 0.1) is 0 Å². The molecule has 1 amide bonds. The van der Waals surface area contributed by atoms with Gasteiger partial charge in [0.15, 0.2) is 5.82 Å². The van der Waals surface area contributed by atoms with Gasteiger partial charge in [-0.05, 0) is 31.0 Å². The molecule has 11 heteroatoms. The van der Waals surface area contributed by atoms with E-state index in [1.807, 2.05) is 30.3 Å². The number of H-pyrrole nitrogens is 1. The maximum Gasteiger partial charge on any atom is 0.284 e. The summed E-state index contributed by atoms with van der Waals surface area (Å²) in [6, 6.07) is 10.8. The molecule has 1 aliphatic heterocycles. The molecule has 6 rings (SSSR count). The highest BCUT2D eigenvalue weighted by molar-refractivity contribution is 6.33. The SMILES string of the molecule is CNC(=O)c1c[nH]c2ncnc(N3CCC[C@H]3c3nn4ccc(Cl)c4c(=O)n3-c3ccccc3)c12. The van der Waals surface area contributed by atoms with Crippen LogP contribution in [0.3, 0.4) is 0 Å². The molecule has 0 bridgehead atoms. The van der Waals surface area contributed by atoms with Crippen molar-refractivity contribution in [2.45, 2.75) is 18.9 Å². The van der Waals surface area contributed by atoms with Crippen LogP contribution >= 0.6 is 11.6 Å². The van der Waals surface area contributed by atoms with Crippen LogP contribution in [-0.4, -0.2) is 48.6 Å². The maximum absolute atomic E-state index is 13.7. The average Bonchev–Trinajstić information content (AvgIpc) is 3.62. The van der Waals surface area contributed by atoms with E-state index in [1.165, 1.54) is 10.8 Å². The number of para-hydroxylation sites is 1. The first kappa shape index (κ1) is 21.4. The minimum atomic E-state index is -0.265. The Kier molecular flexibility index (Phi) is 5.03. The predicted octanol–water partition coefficient (Wildman–Crippen LogP) is 3.11. The van der Waals surface area contributed by atoms with E-state index < -0.39 is 0 Å². The van der Waals surface area contributed by atoms with Crippen molar-refractivity contribution in [3.05, 3.63) is 81.9 Å². The molecule has 0 aliphatic carbocycles. The van der Waals surface area contributed by atoms with Gasteiger partial charge in [-0.1, -0.05) is 29.8 Å². The Labute approximate surface area is 204 Å². The van der Waals surface area contributed by atoms with E-state index in [0.29, 0.717) is 51.0 Å². The molecule has 0 unspecified atom stereocenters. The molecule has 2 N–H and O–H groups in total. The molecule has 0 spiro atoms. The molecule has 176 valence electrons. The van der Waals surface area contributed by atoms with Crippen molar-refractivity contribution >= 4 is 39.9 Å². The van der Waals surface area contributed by atoms with Crippen LogP contribution in [-0.2, 0) is 0 Å². The summed E-state index contributed by atoms with van der Waals surface area (Å²) in [4.78, 5) is 40.3. The van der Waals surface area contributed by atoms with Crippen molar-refractivity contribution in [3.8, 4) is 5.69 Å². The number of carbonyl (C=O) groups excluding carboxylic acids is 1. The third-order valence-electron chi connectivity index (χ3n) is 6.42. The summed E-state index contributed by atoms with van der Waals surface area (Å²) in [6.07, 6.45) is 6.43. The number of anilines is 1. The number of rotatable bonds is 4. The Morgan fingerprint density at radius 3 is 2.83 bits per heavy atom. The van der Waals surface area contributed by atoms with E-state index in [9.17, 15) is 9.59 Å². The molecule has 4 aromatic heterocycles. The Balaban J connectivity index is 1.59. The summed E-state index contributed by atoms with van der Waals surface area (Å²) in [5.74, 6) is 0.963. The van der Waals surface area contributed by atoms with Crippen LogP contribution in [0.25, 0.3) is 22.2 Å². The number of hydrogen-bond acceptors (Lipinski definition) is 6. The smallest absolute Gasteiger partial charge is 0.284 e. The second kappa shape index (κ2) is 8.24. The van der Waals surface area contributed by atoms with Crippen LogP contribution in [0.4, 0.5) is 5.82 Å². The normalized spacial score (nSPS) is 15.8. The standard InChI is InChI=1S/C24H21ClN8O2/c1-26-23(34)15-12-27-20-18(15)22(29-13-28-20)31-10-5-8-17(31)21-30-32-11-9-16(25)19(32)24(35)33(21)14-6-3-2-4-7-14/h2-4,6-7,9,11-13,17H,5,8,10H2,1H3,(H,26,34)(H,27,28,29)/t17-/m0/s1. The summed E-state index contributed by atoms with van der Waals surface area (Å²) < 4.78 is 3.16. The van der Waals surface area contributed by atoms with E-state index >= 15 is 0 Å². The van der Waals surface area contributed by atoms with Gasteiger partial charge in [0.25, 0.3) is 11.5 Å². The lowest BCUT2D eigenvalue weighted by Gasteiger charge is -2.27. The highest BCUT2D eigenvalue weighted by Gasteiger charge is 2.34. The molecule has 5 aromatic rings. The van der Waals surface area contributed by atoms with Gasteiger partial charge in [0.05, 0.1) is 27.7 Å². The van der Waals surface area contributed by atoms with Gasteiger partial charge in [0.1, 0.15) is 23.3 Å². The summed E-state index contributed by atoms with van der Waals surface area (Å²) >= 11 is 6.34. The van der Waals surface area contributed by atoms with E-state index in [0.717, 1.165) is 12.8 Å². The van der Waals surface area contributed by atoms with Crippen molar-refractivity contribution in [1.29, 1.82) is 0 Å². The first-order chi connectivity index (χ1) is 17.1. The van der Waals surface area contributed by atoms with Gasteiger partial charge in [-0.15, -0.1) is 0 Å². The van der Waals surface area contributed by atoms with Gasteiger partial charge in [0.2, 0.25) is 0 Å². The minimum absolute atomic E-state index is 0.231. The molecule has 35 heavy (non-hydrogen) atoms. The average molecular weight is 489 g/mol. The van der Waals surface area contributed by atoms with Crippen LogP contribution in [0.2, 0.25) is 5.02 Å². The number of nitrogens with one attached hydrogen (secondary N) is 2. The lowest BCUT2D eigenvalue weighted by molar-refractivity contribution is 0.0964. The van der Waals surface area contributed by atoms with Crippen LogP contribution in [0.1, 0.15) is 35.1 Å². The van der Waals surface area contributed by atoms with Gasteiger partial charge in [-0.25, -0.2) is 14.5 Å². The van der Waals surface area contributed by atoms with E-state index in [-0.39, 0.29) is 17.5 Å². The number of aromatic nitrogens is 6. The fraction of sp³-hybridized carbons (Fsp3) is 0.208. The largest absolute Gasteiger partial charge is 0.355 e. The molecule has 5 heterocycles. The van der Waals surface area contributed by atoms with Gasteiger partial charge in [-0.2, -0.15) is 5.10 Å². The summed E-state index contributed by atoms with van der Waals surface area (Å²) in [7, 11) is 1.59. The molecular formula is C24H21ClN8O2. The first-order valence-corrected chi connectivity index (χ1v) is 11.6. The Hall–Kier alpha value is -4.18. The van der Waals surface area contributed by atoms with Crippen molar-refractivity contribution < 1.29 is 4.79 Å². The third-order valence-corrected chi connectivity index (χ3v) is 6.73. The number of aromatic amines is 1. The fourth-order valence-electron chi connectivity index (χ4n) is 4.86. The quantitative estimate of drug-likeness (QED) is 0.402. The number of hydrogen-bond donors (Lipinski definition) is 2. The van der Waals surface area contributed by atoms with Gasteiger partial charge in [0, 0.05) is 26.0 Å². The number of nitrogens with zero attached hydrogens (tertiary/aromatic N) is 6. The Morgan fingerprint density at radius 2 is 2.03 bits per heavy atom. The number of amides is 1. The minimum Gasteiger partial charge on any atom is -0.355 e. The molecule has 1 fully saturated rings. The Bertz CT molecular complexity index is 1640. The molecule has 0 radical (unpaired) electrons. The Morgan fingerprint density at radius 1 is 1.20 bits per heavy atom. The third kappa shape index (κ3) is 3.28. The molecule has 1 aliphatic rings. The zero-order chi connectivity index (χ0) is 24.1. The van der Waals surface area contributed by atoms with E-state index in [1.54, 1.807) is 30.1 Å². The van der Waals surface area contributed by atoms with E-state index in [2.05, 4.69) is 25.2 Å². The van der Waals surface area contributed by atoms with Crippen molar-refractivity contribution in [1.82, 2.24) is 34.4 Å². The number of carbonyl (C=O) groups is 1. The predicted molar refractivity (Wildman–Crippen MR) is 132 cm³/mol. The lowest BCUT2D eigenvalue weighted by Crippen LogP contribution is -2.33. The zero-order valence-electron chi connectivity index (χ0n) is 18.8. The molecule has 1 saturated heterocycles. The maximum atomic E-state index is 13.7. The van der Waals surface area contributed by atoms with Crippen molar-refractivity contribution in [3.63, 3.8) is 0 Å². The van der Waals surface area contributed by atoms with Crippen LogP contribution in [0.5, 0.6) is 0 Å². The summed E-state index contributed by atoms with van der Waals surface area (Å²) in [5.41, 5.74) is 1.81. The molecule has 1 atom stereocenters. The van der Waals surface area contributed by atoms with Gasteiger partial charge >= 0.3 is 0 Å². The van der Waals surface area contributed by atoms with Crippen molar-refractivity contribution in [2.24, 2.45) is 0 Å². The van der Waals surface area contributed by atoms with Gasteiger partial charge < -0.3 is 15.2 Å². The zero-order valence-corrected chi connectivity index (χ0v) is 19.5. The topological polar surface area (TPSA) is 113 Å². The second-order valence-electron chi connectivity index (χ2n) is 8.34. The second-order valence-corrected chi connectivity index (χ2v) is 8.75. The number of halogens is 1. The van der Waals surface area contributed by atoms with Crippen molar-refractivity contribution in [2.75, 3.05) is 18.5 Å². The number of fused-ring (bicyclic) bond motifs is 2.